The molecular weight excluding hydrogens is 150 g/mol. The zero-order chi connectivity index (χ0) is 7.56. The first kappa shape index (κ1) is 7.35. The Labute approximate surface area is 65.0 Å². The van der Waals surface area contributed by atoms with E-state index in [0.717, 1.165) is 5.75 Å². The number of aryl methyl sites for hydroxylation is 1. The Morgan fingerprint density at radius 2 is 2.20 bits per heavy atom. The summed E-state index contributed by atoms with van der Waals surface area (Å²) in [5.74, 6) is 0.812. The number of pyridine rings is 1. The molecule has 0 spiro atoms. The molecule has 1 aromatic heterocycles. The van der Waals surface area contributed by atoms with Crippen LogP contribution in [0.4, 0.5) is 0 Å². The van der Waals surface area contributed by atoms with E-state index < -0.39 is 0 Å². The topological polar surface area (TPSA) is 13.1 Å². The van der Waals surface area contributed by atoms with Crippen LogP contribution in [0.25, 0.3) is 0 Å². The van der Waals surface area contributed by atoms with Crippen LogP contribution in [0.5, 0.6) is 5.75 Å². The monoisotopic (exact) mass is 158 g/mol. The van der Waals surface area contributed by atoms with E-state index >= 15 is 0 Å². The number of nitrogens with zero attached hydrogens (tertiary/aromatic N) is 1. The summed E-state index contributed by atoms with van der Waals surface area (Å²) in [4.78, 5) is 0. The Bertz CT molecular complexity index is 237. The number of halogens is 1. The van der Waals surface area contributed by atoms with Gasteiger partial charge in [0.25, 0.3) is 5.15 Å². The number of hydrogen-bond acceptors (Lipinski definition) is 1. The fourth-order valence-corrected chi connectivity index (χ4v) is 0.797. The van der Waals surface area contributed by atoms with Gasteiger partial charge in [0.2, 0.25) is 6.20 Å². The quantitative estimate of drug-likeness (QED) is 0.442. The summed E-state index contributed by atoms with van der Waals surface area (Å²) in [5, 5.41) is 0.695. The molecule has 0 bridgehead atoms. The summed E-state index contributed by atoms with van der Waals surface area (Å²) in [6.07, 6.45) is 1.82. The van der Waals surface area contributed by atoms with Gasteiger partial charge in [-0.2, -0.15) is 4.57 Å². The first-order valence-electron chi connectivity index (χ1n) is 2.93. The predicted molar refractivity (Wildman–Crippen MR) is 39.2 cm³/mol. The highest BCUT2D eigenvalue weighted by Crippen LogP contribution is 2.08. The molecule has 0 aliphatic rings. The van der Waals surface area contributed by atoms with E-state index in [4.69, 9.17) is 16.3 Å². The fraction of sp³-hybridized carbons (Fsp3) is 0.286. The normalized spacial score (nSPS) is 9.50. The van der Waals surface area contributed by atoms with Gasteiger partial charge in [-0.3, -0.25) is 0 Å². The summed E-state index contributed by atoms with van der Waals surface area (Å²) in [6.45, 7) is 0. The highest BCUT2D eigenvalue weighted by atomic mass is 35.5. The SMILES string of the molecule is COc1ccc(Cl)[n+](C)c1. The molecule has 1 heterocycles. The molecule has 10 heavy (non-hydrogen) atoms. The van der Waals surface area contributed by atoms with Gasteiger partial charge in [-0.15, -0.1) is 0 Å². The highest BCUT2D eigenvalue weighted by Gasteiger charge is 2.02. The van der Waals surface area contributed by atoms with E-state index in [1.54, 1.807) is 17.7 Å². The zero-order valence-electron chi connectivity index (χ0n) is 5.97. The molecule has 0 unspecified atom stereocenters. The molecule has 2 nitrogen and oxygen atoms in total. The molecule has 54 valence electrons. The van der Waals surface area contributed by atoms with Crippen LogP contribution in [0.15, 0.2) is 18.3 Å². The lowest BCUT2D eigenvalue weighted by atomic mass is 10.4. The second-order valence-corrected chi connectivity index (χ2v) is 2.39. The number of aromatic nitrogens is 1. The minimum atomic E-state index is 0.695. The lowest BCUT2D eigenvalue weighted by Crippen LogP contribution is -2.28. The van der Waals surface area contributed by atoms with Crippen molar-refractivity contribution in [1.29, 1.82) is 0 Å². The summed E-state index contributed by atoms with van der Waals surface area (Å²) in [6, 6.07) is 3.61. The van der Waals surface area contributed by atoms with Crippen LogP contribution in [0.3, 0.4) is 0 Å². The van der Waals surface area contributed by atoms with Crippen LogP contribution < -0.4 is 9.30 Å². The number of methoxy groups -OCH3 is 1. The van der Waals surface area contributed by atoms with E-state index in [1.165, 1.54) is 0 Å². The molecule has 0 aliphatic heterocycles. The molecular formula is C7H9ClNO+. The molecule has 0 fully saturated rings. The summed E-state index contributed by atoms with van der Waals surface area (Å²) in [7, 11) is 3.49. The maximum absolute atomic E-state index is 5.75. The van der Waals surface area contributed by atoms with Crippen LogP contribution in [0.2, 0.25) is 5.15 Å². The van der Waals surface area contributed by atoms with Crippen molar-refractivity contribution in [3.8, 4) is 5.75 Å². The average molecular weight is 159 g/mol. The Balaban J connectivity index is 3.04. The standard InChI is InChI=1S/C7H9ClNO/c1-9-5-6(10-2)3-4-7(9)8/h3-5H,1-2H3/q+1. The molecule has 0 saturated carbocycles. The lowest BCUT2D eigenvalue weighted by molar-refractivity contribution is -0.669. The van der Waals surface area contributed by atoms with Crippen LogP contribution in [-0.4, -0.2) is 7.11 Å². The van der Waals surface area contributed by atoms with Crippen molar-refractivity contribution in [3.05, 3.63) is 23.5 Å². The molecule has 0 amide bonds. The second kappa shape index (κ2) is 2.88. The van der Waals surface area contributed by atoms with Gasteiger partial charge in [0.05, 0.1) is 7.11 Å². The molecule has 0 aromatic carbocycles. The molecule has 3 heteroatoms. The van der Waals surface area contributed by atoms with Crippen LogP contribution >= 0.6 is 11.6 Å². The van der Waals surface area contributed by atoms with Crippen molar-refractivity contribution in [1.82, 2.24) is 0 Å². The summed E-state index contributed by atoms with van der Waals surface area (Å²) < 4.78 is 6.76. The zero-order valence-corrected chi connectivity index (χ0v) is 6.72. The number of hydrogen-bond donors (Lipinski definition) is 0. The fourth-order valence-electron chi connectivity index (χ4n) is 0.685. The lowest BCUT2D eigenvalue weighted by Gasteiger charge is -1.95. The van der Waals surface area contributed by atoms with Gasteiger partial charge in [0.1, 0.15) is 7.05 Å². The van der Waals surface area contributed by atoms with Crippen molar-refractivity contribution in [2.45, 2.75) is 0 Å². The third kappa shape index (κ3) is 1.39. The van der Waals surface area contributed by atoms with Gasteiger partial charge in [-0.25, -0.2) is 0 Å². The van der Waals surface area contributed by atoms with Crippen molar-refractivity contribution in [3.63, 3.8) is 0 Å². The second-order valence-electron chi connectivity index (χ2n) is 2.00. The highest BCUT2D eigenvalue weighted by molar-refractivity contribution is 6.28. The van der Waals surface area contributed by atoms with Gasteiger partial charge in [0.15, 0.2) is 5.75 Å². The minimum absolute atomic E-state index is 0.695. The predicted octanol–water partition coefficient (Wildman–Crippen LogP) is 1.17. The Kier molecular flexibility index (Phi) is 2.12. The molecule has 0 atom stereocenters. The van der Waals surface area contributed by atoms with E-state index in [9.17, 15) is 0 Å². The van der Waals surface area contributed by atoms with Crippen molar-refractivity contribution >= 4 is 11.6 Å². The molecule has 0 aliphatic carbocycles. The average Bonchev–Trinajstić information content (AvgIpc) is 1.95. The third-order valence-corrected chi connectivity index (χ3v) is 1.67. The number of rotatable bonds is 1. The van der Waals surface area contributed by atoms with Gasteiger partial charge in [-0.1, -0.05) is 0 Å². The van der Waals surface area contributed by atoms with E-state index in [-0.39, 0.29) is 0 Å². The van der Waals surface area contributed by atoms with Gasteiger partial charge < -0.3 is 4.74 Å². The molecule has 1 aromatic rings. The van der Waals surface area contributed by atoms with E-state index in [0.29, 0.717) is 5.15 Å². The molecule has 0 N–H and O–H groups in total. The molecule has 1 rings (SSSR count). The molecule has 0 radical (unpaired) electrons. The van der Waals surface area contributed by atoms with E-state index in [2.05, 4.69) is 0 Å². The number of ether oxygens (including phenoxy) is 1. The van der Waals surface area contributed by atoms with Gasteiger partial charge in [0, 0.05) is 6.07 Å². The van der Waals surface area contributed by atoms with Crippen molar-refractivity contribution < 1.29 is 9.30 Å². The summed E-state index contributed by atoms with van der Waals surface area (Å²) >= 11 is 5.75. The van der Waals surface area contributed by atoms with Crippen LogP contribution in [0, 0.1) is 0 Å². The van der Waals surface area contributed by atoms with Crippen LogP contribution in [0.1, 0.15) is 0 Å². The van der Waals surface area contributed by atoms with Crippen LogP contribution in [-0.2, 0) is 7.05 Å². The molecule has 0 saturated heterocycles. The largest absolute Gasteiger partial charge is 0.491 e. The Morgan fingerprint density at radius 1 is 1.50 bits per heavy atom. The van der Waals surface area contributed by atoms with E-state index in [1.807, 2.05) is 19.3 Å². The maximum atomic E-state index is 5.75. The Hall–Kier alpha value is -0.760. The van der Waals surface area contributed by atoms with Crippen molar-refractivity contribution in [2.75, 3.05) is 7.11 Å². The van der Waals surface area contributed by atoms with Gasteiger partial charge >= 0.3 is 0 Å². The Morgan fingerprint density at radius 3 is 2.70 bits per heavy atom. The van der Waals surface area contributed by atoms with Crippen molar-refractivity contribution in [2.24, 2.45) is 7.05 Å². The first-order chi connectivity index (χ1) is 4.74. The van der Waals surface area contributed by atoms with Gasteiger partial charge in [-0.05, 0) is 17.7 Å². The minimum Gasteiger partial charge on any atom is -0.491 e. The first-order valence-corrected chi connectivity index (χ1v) is 3.31. The smallest absolute Gasteiger partial charge is 0.274 e. The summed E-state index contributed by atoms with van der Waals surface area (Å²) in [5.41, 5.74) is 0. The maximum Gasteiger partial charge on any atom is 0.274 e. The third-order valence-electron chi connectivity index (χ3n) is 1.28.